The summed E-state index contributed by atoms with van der Waals surface area (Å²) in [6.45, 7) is 8.07. The summed E-state index contributed by atoms with van der Waals surface area (Å²) in [5, 5.41) is 3.13. The Morgan fingerprint density at radius 2 is 1.94 bits per heavy atom. The standard InChI is InChI=1S/C13H20N2O/c1-8(2)11-6-5-9(3)12(7-11)15-10(4)13(14)16/h5-8,10,15H,1-4H3,(H2,14,16). The molecule has 0 radical (unpaired) electrons. The molecule has 3 N–H and O–H groups in total. The number of carbonyl (C=O) groups excluding carboxylic acids is 1. The molecule has 0 aromatic heterocycles. The van der Waals surface area contributed by atoms with E-state index in [1.807, 2.05) is 6.92 Å². The molecule has 1 unspecified atom stereocenters. The molecule has 0 saturated heterocycles. The second kappa shape index (κ2) is 5.01. The summed E-state index contributed by atoms with van der Waals surface area (Å²) in [6.07, 6.45) is 0. The minimum Gasteiger partial charge on any atom is -0.374 e. The molecule has 1 atom stereocenters. The van der Waals surface area contributed by atoms with Gasteiger partial charge in [0.05, 0.1) is 0 Å². The van der Waals surface area contributed by atoms with Gasteiger partial charge in [-0.15, -0.1) is 0 Å². The fourth-order valence-electron chi connectivity index (χ4n) is 1.46. The highest BCUT2D eigenvalue weighted by molar-refractivity contribution is 5.82. The van der Waals surface area contributed by atoms with Gasteiger partial charge in [-0.1, -0.05) is 26.0 Å². The molecule has 16 heavy (non-hydrogen) atoms. The second-order valence-electron chi connectivity index (χ2n) is 4.50. The first-order valence-corrected chi connectivity index (χ1v) is 5.58. The highest BCUT2D eigenvalue weighted by Crippen LogP contribution is 2.22. The Morgan fingerprint density at radius 1 is 1.31 bits per heavy atom. The number of aryl methyl sites for hydroxylation is 1. The van der Waals surface area contributed by atoms with Crippen molar-refractivity contribution in [3.8, 4) is 0 Å². The maximum Gasteiger partial charge on any atom is 0.239 e. The van der Waals surface area contributed by atoms with Crippen LogP contribution in [0.1, 0.15) is 37.8 Å². The van der Waals surface area contributed by atoms with Gasteiger partial charge in [0.25, 0.3) is 0 Å². The molecule has 3 nitrogen and oxygen atoms in total. The number of benzene rings is 1. The van der Waals surface area contributed by atoms with Gasteiger partial charge in [-0.3, -0.25) is 4.79 Å². The Morgan fingerprint density at radius 3 is 2.44 bits per heavy atom. The zero-order valence-electron chi connectivity index (χ0n) is 10.4. The normalized spacial score (nSPS) is 12.6. The summed E-state index contributed by atoms with van der Waals surface area (Å²) in [4.78, 5) is 11.0. The molecule has 0 aliphatic rings. The van der Waals surface area contributed by atoms with Crippen LogP contribution in [0.3, 0.4) is 0 Å². The predicted octanol–water partition coefficient (Wildman–Crippen LogP) is 2.40. The quantitative estimate of drug-likeness (QED) is 0.818. The molecule has 0 spiro atoms. The molecule has 1 aromatic carbocycles. The predicted molar refractivity (Wildman–Crippen MR) is 67.5 cm³/mol. The highest BCUT2D eigenvalue weighted by Gasteiger charge is 2.10. The van der Waals surface area contributed by atoms with E-state index in [1.54, 1.807) is 6.92 Å². The lowest BCUT2D eigenvalue weighted by Crippen LogP contribution is -2.32. The van der Waals surface area contributed by atoms with E-state index in [2.05, 4.69) is 37.4 Å². The fraction of sp³-hybridized carbons (Fsp3) is 0.462. The van der Waals surface area contributed by atoms with E-state index in [1.165, 1.54) is 5.56 Å². The van der Waals surface area contributed by atoms with Crippen molar-refractivity contribution >= 4 is 11.6 Å². The number of nitrogens with two attached hydrogens (primary N) is 1. The zero-order chi connectivity index (χ0) is 12.3. The lowest BCUT2D eigenvalue weighted by atomic mass is 10.0. The molecule has 3 heteroatoms. The number of nitrogens with one attached hydrogen (secondary N) is 1. The van der Waals surface area contributed by atoms with E-state index in [-0.39, 0.29) is 11.9 Å². The molecule has 0 aliphatic heterocycles. The number of carbonyl (C=O) groups is 1. The Balaban J connectivity index is 2.94. The zero-order valence-corrected chi connectivity index (χ0v) is 10.4. The number of amides is 1. The largest absolute Gasteiger partial charge is 0.374 e. The first-order chi connectivity index (χ1) is 7.41. The molecule has 0 heterocycles. The topological polar surface area (TPSA) is 55.1 Å². The summed E-state index contributed by atoms with van der Waals surface area (Å²) < 4.78 is 0. The van der Waals surface area contributed by atoms with Crippen LogP contribution in [0.5, 0.6) is 0 Å². The van der Waals surface area contributed by atoms with Crippen molar-refractivity contribution in [2.45, 2.75) is 39.7 Å². The molecular formula is C13H20N2O. The molecule has 0 bridgehead atoms. The van der Waals surface area contributed by atoms with Gasteiger partial charge >= 0.3 is 0 Å². The second-order valence-corrected chi connectivity index (χ2v) is 4.50. The third-order valence-electron chi connectivity index (χ3n) is 2.73. The van der Waals surface area contributed by atoms with Crippen LogP contribution in [0.4, 0.5) is 5.69 Å². The Labute approximate surface area is 97.0 Å². The third kappa shape index (κ3) is 2.99. The van der Waals surface area contributed by atoms with Gasteiger partial charge in [0, 0.05) is 5.69 Å². The van der Waals surface area contributed by atoms with Crippen molar-refractivity contribution in [2.24, 2.45) is 5.73 Å². The number of primary amides is 1. The molecule has 1 rings (SSSR count). The molecule has 88 valence electrons. The van der Waals surface area contributed by atoms with E-state index in [0.29, 0.717) is 5.92 Å². The van der Waals surface area contributed by atoms with Gasteiger partial charge in [-0.05, 0) is 37.0 Å². The molecule has 1 amide bonds. The lowest BCUT2D eigenvalue weighted by molar-refractivity contribution is -0.118. The van der Waals surface area contributed by atoms with Crippen molar-refractivity contribution < 1.29 is 4.79 Å². The van der Waals surface area contributed by atoms with Gasteiger partial charge in [0.2, 0.25) is 5.91 Å². The van der Waals surface area contributed by atoms with E-state index < -0.39 is 0 Å². The number of anilines is 1. The number of rotatable bonds is 4. The Hall–Kier alpha value is -1.51. The van der Waals surface area contributed by atoms with Crippen LogP contribution >= 0.6 is 0 Å². The summed E-state index contributed by atoms with van der Waals surface area (Å²) in [5.41, 5.74) is 8.59. The monoisotopic (exact) mass is 220 g/mol. The van der Waals surface area contributed by atoms with Crippen LogP contribution in [0.25, 0.3) is 0 Å². The fourth-order valence-corrected chi connectivity index (χ4v) is 1.46. The molecular weight excluding hydrogens is 200 g/mol. The maximum atomic E-state index is 11.0. The van der Waals surface area contributed by atoms with E-state index >= 15 is 0 Å². The summed E-state index contributed by atoms with van der Waals surface area (Å²) in [5.74, 6) is 0.138. The lowest BCUT2D eigenvalue weighted by Gasteiger charge is -2.16. The summed E-state index contributed by atoms with van der Waals surface area (Å²) in [7, 11) is 0. The van der Waals surface area contributed by atoms with Gasteiger partial charge in [-0.25, -0.2) is 0 Å². The van der Waals surface area contributed by atoms with Crippen LogP contribution in [-0.2, 0) is 4.79 Å². The van der Waals surface area contributed by atoms with Crippen molar-refractivity contribution in [2.75, 3.05) is 5.32 Å². The van der Waals surface area contributed by atoms with E-state index in [4.69, 9.17) is 5.73 Å². The van der Waals surface area contributed by atoms with Crippen LogP contribution in [-0.4, -0.2) is 11.9 Å². The van der Waals surface area contributed by atoms with Crippen LogP contribution in [0.15, 0.2) is 18.2 Å². The maximum absolute atomic E-state index is 11.0. The summed E-state index contributed by atoms with van der Waals surface area (Å²) in [6, 6.07) is 5.91. The van der Waals surface area contributed by atoms with Crippen molar-refractivity contribution in [1.82, 2.24) is 0 Å². The number of hydrogen-bond donors (Lipinski definition) is 2. The number of hydrogen-bond acceptors (Lipinski definition) is 2. The first-order valence-electron chi connectivity index (χ1n) is 5.58. The van der Waals surface area contributed by atoms with Crippen molar-refractivity contribution in [3.05, 3.63) is 29.3 Å². The van der Waals surface area contributed by atoms with Gasteiger partial charge in [0.1, 0.15) is 6.04 Å². The minimum atomic E-state index is -0.346. The van der Waals surface area contributed by atoms with E-state index in [0.717, 1.165) is 11.3 Å². The van der Waals surface area contributed by atoms with Crippen molar-refractivity contribution in [1.29, 1.82) is 0 Å². The van der Waals surface area contributed by atoms with E-state index in [9.17, 15) is 4.79 Å². The van der Waals surface area contributed by atoms with Crippen LogP contribution in [0, 0.1) is 6.92 Å². The van der Waals surface area contributed by atoms with Crippen LogP contribution in [0.2, 0.25) is 0 Å². The van der Waals surface area contributed by atoms with Crippen molar-refractivity contribution in [3.63, 3.8) is 0 Å². The summed E-state index contributed by atoms with van der Waals surface area (Å²) >= 11 is 0. The minimum absolute atomic E-state index is 0.339. The molecule has 1 aromatic rings. The average molecular weight is 220 g/mol. The SMILES string of the molecule is Cc1ccc(C(C)C)cc1NC(C)C(N)=O. The van der Waals surface area contributed by atoms with Gasteiger partial charge in [-0.2, -0.15) is 0 Å². The Kier molecular flexibility index (Phi) is 3.93. The van der Waals surface area contributed by atoms with Crippen LogP contribution < -0.4 is 11.1 Å². The highest BCUT2D eigenvalue weighted by atomic mass is 16.1. The van der Waals surface area contributed by atoms with Gasteiger partial charge < -0.3 is 11.1 Å². The molecule has 0 saturated carbocycles. The third-order valence-corrected chi connectivity index (χ3v) is 2.73. The average Bonchev–Trinajstić information content (AvgIpc) is 2.20. The molecule has 0 aliphatic carbocycles. The van der Waals surface area contributed by atoms with Gasteiger partial charge in [0.15, 0.2) is 0 Å². The smallest absolute Gasteiger partial charge is 0.239 e. The Bertz CT molecular complexity index is 386. The first kappa shape index (κ1) is 12.6. The molecule has 0 fully saturated rings.